The van der Waals surface area contributed by atoms with Gasteiger partial charge in [0, 0.05) is 6.21 Å². The molecule has 0 aliphatic rings. The van der Waals surface area contributed by atoms with Gasteiger partial charge in [-0.05, 0) is 48.9 Å². The molecule has 2 aromatic rings. The van der Waals surface area contributed by atoms with Crippen molar-refractivity contribution < 1.29 is 13.9 Å². The van der Waals surface area contributed by atoms with Crippen molar-refractivity contribution in [3.8, 4) is 5.75 Å². The summed E-state index contributed by atoms with van der Waals surface area (Å²) in [5, 5.41) is 3.77. The number of hydrazone groups is 1. The van der Waals surface area contributed by atoms with E-state index in [-0.39, 0.29) is 12.5 Å². The molecule has 1 aromatic heterocycles. The molecule has 5 heteroatoms. The van der Waals surface area contributed by atoms with Crippen LogP contribution in [0.4, 0.5) is 0 Å². The first-order valence-corrected chi connectivity index (χ1v) is 6.45. The van der Waals surface area contributed by atoms with Gasteiger partial charge in [-0.2, -0.15) is 5.10 Å². The van der Waals surface area contributed by atoms with Gasteiger partial charge in [0.25, 0.3) is 5.91 Å². The van der Waals surface area contributed by atoms with Crippen molar-refractivity contribution in [3.63, 3.8) is 0 Å². The molecule has 108 valence electrons. The van der Waals surface area contributed by atoms with Crippen molar-refractivity contribution in [2.75, 3.05) is 6.61 Å². The molecule has 0 aliphatic heterocycles. The average Bonchev–Trinajstić information content (AvgIpc) is 2.98. The van der Waals surface area contributed by atoms with Crippen LogP contribution in [-0.4, -0.2) is 18.7 Å². The Hall–Kier alpha value is -2.82. The number of hydrogen-bond donors (Lipinski definition) is 1. The third-order valence-corrected chi connectivity index (χ3v) is 2.51. The quantitative estimate of drug-likeness (QED) is 0.655. The Labute approximate surface area is 122 Å². The van der Waals surface area contributed by atoms with Crippen LogP contribution in [0.5, 0.6) is 5.75 Å². The molecule has 0 bridgehead atoms. The number of carbonyl (C=O) groups is 1. The van der Waals surface area contributed by atoms with E-state index in [0.29, 0.717) is 5.75 Å². The molecule has 1 amide bonds. The summed E-state index contributed by atoms with van der Waals surface area (Å²) >= 11 is 0. The summed E-state index contributed by atoms with van der Waals surface area (Å²) in [6.07, 6.45) is 6.45. The minimum atomic E-state index is -0.320. The summed E-state index contributed by atoms with van der Waals surface area (Å²) in [7, 11) is 0. The highest BCUT2D eigenvalue weighted by Gasteiger charge is 2.00. The number of carbonyl (C=O) groups excluding carboxylic acids is 1. The molecule has 1 heterocycles. The standard InChI is InChI=1S/C16H16N2O3/c1-13-5-2-6-15(11-13)21-12-16(19)18-17-9-3-7-14-8-4-10-20-14/h2-11H,12H2,1H3,(H,18,19)/b7-3+,17-9-. The Balaban J connectivity index is 1.70. The first kappa shape index (κ1) is 14.6. The predicted molar refractivity (Wildman–Crippen MR) is 81.1 cm³/mol. The molecule has 2 rings (SSSR count). The fourth-order valence-electron chi connectivity index (χ4n) is 1.56. The van der Waals surface area contributed by atoms with Crippen LogP contribution in [0.2, 0.25) is 0 Å². The van der Waals surface area contributed by atoms with Gasteiger partial charge in [-0.1, -0.05) is 12.1 Å². The smallest absolute Gasteiger partial charge is 0.277 e. The summed E-state index contributed by atoms with van der Waals surface area (Å²) in [5.41, 5.74) is 3.45. The highest BCUT2D eigenvalue weighted by atomic mass is 16.5. The van der Waals surface area contributed by atoms with Crippen LogP contribution in [0.1, 0.15) is 11.3 Å². The summed E-state index contributed by atoms with van der Waals surface area (Å²) in [6.45, 7) is 1.88. The minimum absolute atomic E-state index is 0.0807. The summed E-state index contributed by atoms with van der Waals surface area (Å²) in [6, 6.07) is 11.1. The maximum Gasteiger partial charge on any atom is 0.277 e. The van der Waals surface area contributed by atoms with Crippen molar-refractivity contribution in [2.45, 2.75) is 6.92 Å². The summed E-state index contributed by atoms with van der Waals surface area (Å²) in [5.74, 6) is 1.06. The topological polar surface area (TPSA) is 63.8 Å². The number of benzene rings is 1. The normalized spacial score (nSPS) is 11.1. The number of furan rings is 1. The molecule has 5 nitrogen and oxygen atoms in total. The number of nitrogens with zero attached hydrogens (tertiary/aromatic N) is 1. The minimum Gasteiger partial charge on any atom is -0.484 e. The van der Waals surface area contributed by atoms with E-state index in [1.807, 2.05) is 31.2 Å². The van der Waals surface area contributed by atoms with Crippen molar-refractivity contribution >= 4 is 18.2 Å². The van der Waals surface area contributed by atoms with Crippen molar-refractivity contribution in [3.05, 3.63) is 60.1 Å². The fraction of sp³-hybridized carbons (Fsp3) is 0.125. The van der Waals surface area contributed by atoms with Gasteiger partial charge in [-0.3, -0.25) is 4.79 Å². The van der Waals surface area contributed by atoms with Crippen LogP contribution in [0.15, 0.2) is 58.3 Å². The second-order valence-electron chi connectivity index (χ2n) is 4.29. The average molecular weight is 284 g/mol. The number of aryl methyl sites for hydroxylation is 1. The molecular weight excluding hydrogens is 268 g/mol. The Kier molecular flexibility index (Phi) is 5.34. The number of allylic oxidation sites excluding steroid dienone is 1. The number of nitrogens with one attached hydrogen (secondary N) is 1. The van der Waals surface area contributed by atoms with Crippen LogP contribution < -0.4 is 10.2 Å². The second kappa shape index (κ2) is 7.69. The highest BCUT2D eigenvalue weighted by molar-refractivity contribution is 5.81. The van der Waals surface area contributed by atoms with Crippen LogP contribution in [-0.2, 0) is 4.79 Å². The Morgan fingerprint density at radius 1 is 1.38 bits per heavy atom. The molecule has 0 unspecified atom stereocenters. The van der Waals surface area contributed by atoms with Crippen LogP contribution in [0.3, 0.4) is 0 Å². The largest absolute Gasteiger partial charge is 0.484 e. The first-order chi connectivity index (χ1) is 10.2. The zero-order chi connectivity index (χ0) is 14.9. The third kappa shape index (κ3) is 5.36. The molecule has 0 spiro atoms. The van der Waals surface area contributed by atoms with Gasteiger partial charge in [-0.25, -0.2) is 5.43 Å². The van der Waals surface area contributed by atoms with E-state index in [2.05, 4.69) is 10.5 Å². The fourth-order valence-corrected chi connectivity index (χ4v) is 1.56. The SMILES string of the molecule is Cc1cccc(OCC(=O)N/N=C\C=C\c2ccco2)c1. The molecule has 0 radical (unpaired) electrons. The molecular formula is C16H16N2O3. The van der Waals surface area contributed by atoms with E-state index in [1.54, 1.807) is 30.5 Å². The zero-order valence-corrected chi connectivity index (χ0v) is 11.7. The van der Waals surface area contributed by atoms with Gasteiger partial charge in [0.2, 0.25) is 0 Å². The monoisotopic (exact) mass is 284 g/mol. The summed E-state index contributed by atoms with van der Waals surface area (Å²) in [4.78, 5) is 11.5. The molecule has 0 saturated carbocycles. The molecule has 1 N–H and O–H groups in total. The first-order valence-electron chi connectivity index (χ1n) is 6.45. The van der Waals surface area contributed by atoms with Gasteiger partial charge >= 0.3 is 0 Å². The van der Waals surface area contributed by atoms with E-state index in [9.17, 15) is 4.79 Å². The number of hydrogen-bond acceptors (Lipinski definition) is 4. The van der Waals surface area contributed by atoms with Gasteiger partial charge < -0.3 is 9.15 Å². The molecule has 0 saturated heterocycles. The lowest BCUT2D eigenvalue weighted by atomic mass is 10.2. The molecule has 0 atom stereocenters. The Bertz CT molecular complexity index is 631. The lowest BCUT2D eigenvalue weighted by molar-refractivity contribution is -0.123. The third-order valence-electron chi connectivity index (χ3n) is 2.51. The maximum absolute atomic E-state index is 11.5. The molecule has 21 heavy (non-hydrogen) atoms. The molecule has 0 aliphatic carbocycles. The van der Waals surface area contributed by atoms with Crippen LogP contribution in [0.25, 0.3) is 6.08 Å². The number of ether oxygens (including phenoxy) is 1. The maximum atomic E-state index is 11.5. The second-order valence-corrected chi connectivity index (χ2v) is 4.29. The van der Waals surface area contributed by atoms with E-state index in [4.69, 9.17) is 9.15 Å². The highest BCUT2D eigenvalue weighted by Crippen LogP contribution is 2.11. The predicted octanol–water partition coefficient (Wildman–Crippen LogP) is 2.78. The Morgan fingerprint density at radius 3 is 3.05 bits per heavy atom. The summed E-state index contributed by atoms with van der Waals surface area (Å²) < 4.78 is 10.4. The van der Waals surface area contributed by atoms with Crippen LogP contribution in [0, 0.1) is 6.92 Å². The van der Waals surface area contributed by atoms with Crippen molar-refractivity contribution in [1.82, 2.24) is 5.43 Å². The van der Waals surface area contributed by atoms with E-state index < -0.39 is 0 Å². The molecule has 1 aromatic carbocycles. The van der Waals surface area contributed by atoms with Gasteiger partial charge in [0.1, 0.15) is 11.5 Å². The number of rotatable bonds is 6. The van der Waals surface area contributed by atoms with E-state index in [1.165, 1.54) is 6.21 Å². The van der Waals surface area contributed by atoms with Gasteiger partial charge in [0.15, 0.2) is 6.61 Å². The lowest BCUT2D eigenvalue weighted by Crippen LogP contribution is -2.24. The van der Waals surface area contributed by atoms with Gasteiger partial charge in [-0.15, -0.1) is 0 Å². The number of amides is 1. The van der Waals surface area contributed by atoms with Crippen molar-refractivity contribution in [2.24, 2.45) is 5.10 Å². The lowest BCUT2D eigenvalue weighted by Gasteiger charge is -2.05. The van der Waals surface area contributed by atoms with Crippen LogP contribution >= 0.6 is 0 Å². The van der Waals surface area contributed by atoms with Gasteiger partial charge in [0.05, 0.1) is 6.26 Å². The van der Waals surface area contributed by atoms with E-state index >= 15 is 0 Å². The zero-order valence-electron chi connectivity index (χ0n) is 11.7. The molecule has 0 fully saturated rings. The Morgan fingerprint density at radius 2 is 2.29 bits per heavy atom. The van der Waals surface area contributed by atoms with E-state index in [0.717, 1.165) is 11.3 Å². The van der Waals surface area contributed by atoms with Crippen molar-refractivity contribution in [1.29, 1.82) is 0 Å².